The highest BCUT2D eigenvalue weighted by atomic mass is 16.7. The Morgan fingerprint density at radius 3 is 2.17 bits per heavy atom. The van der Waals surface area contributed by atoms with Crippen molar-refractivity contribution in [2.45, 2.75) is 66.0 Å². The fraction of sp³-hybridized carbons (Fsp3) is 0.524. The maximum absolute atomic E-state index is 12.8. The van der Waals surface area contributed by atoms with Crippen LogP contribution in [0.3, 0.4) is 0 Å². The van der Waals surface area contributed by atoms with Crippen molar-refractivity contribution < 1.29 is 24.0 Å². The van der Waals surface area contributed by atoms with Crippen molar-refractivity contribution in [3.05, 3.63) is 35.9 Å². The van der Waals surface area contributed by atoms with Gasteiger partial charge in [0, 0.05) is 18.3 Å². The lowest BCUT2D eigenvalue weighted by atomic mass is 9.94. The van der Waals surface area contributed by atoms with Crippen LogP contribution in [0.5, 0.6) is 0 Å². The molecule has 2 atom stereocenters. The van der Waals surface area contributed by atoms with E-state index in [2.05, 4.69) is 15.5 Å². The van der Waals surface area contributed by atoms with E-state index in [4.69, 9.17) is 0 Å². The van der Waals surface area contributed by atoms with E-state index in [-0.39, 0.29) is 18.7 Å². The maximum atomic E-state index is 12.8. The monoisotopic (exact) mass is 405 g/mol. The molecule has 0 aliphatic heterocycles. The molecule has 0 saturated carbocycles. The number of rotatable bonds is 8. The fourth-order valence-corrected chi connectivity index (χ4v) is 2.26. The van der Waals surface area contributed by atoms with Gasteiger partial charge in [-0.25, -0.2) is 4.79 Å². The number of carbonyl (C=O) groups is 4. The Bertz CT molecular complexity index is 713. The van der Waals surface area contributed by atoms with E-state index in [1.807, 2.05) is 42.7 Å². The first-order valence-corrected chi connectivity index (χ1v) is 9.69. The van der Waals surface area contributed by atoms with Crippen LogP contribution < -0.4 is 16.1 Å². The van der Waals surface area contributed by atoms with E-state index in [0.717, 1.165) is 5.56 Å². The third-order valence-electron chi connectivity index (χ3n) is 4.06. The largest absolute Gasteiger partial charge is 0.344 e. The topological polar surface area (TPSA) is 114 Å². The summed E-state index contributed by atoms with van der Waals surface area (Å²) in [7, 11) is 0. The highest BCUT2D eigenvalue weighted by Gasteiger charge is 2.29. The zero-order valence-corrected chi connectivity index (χ0v) is 17.7. The van der Waals surface area contributed by atoms with Crippen molar-refractivity contribution in [2.75, 3.05) is 0 Å². The van der Waals surface area contributed by atoms with Gasteiger partial charge in [-0.05, 0) is 18.9 Å². The van der Waals surface area contributed by atoms with E-state index in [1.165, 1.54) is 6.92 Å². The summed E-state index contributed by atoms with van der Waals surface area (Å²) >= 11 is 0. The molecule has 29 heavy (non-hydrogen) atoms. The molecule has 1 aromatic carbocycles. The molecule has 0 saturated heterocycles. The van der Waals surface area contributed by atoms with Crippen LogP contribution in [0.4, 0.5) is 0 Å². The molecule has 1 rings (SSSR count). The van der Waals surface area contributed by atoms with Gasteiger partial charge < -0.3 is 15.5 Å². The van der Waals surface area contributed by atoms with Gasteiger partial charge in [0.15, 0.2) is 0 Å². The minimum absolute atomic E-state index is 0.180. The molecular weight excluding hydrogens is 374 g/mol. The van der Waals surface area contributed by atoms with E-state index in [1.54, 1.807) is 20.8 Å². The van der Waals surface area contributed by atoms with E-state index in [9.17, 15) is 19.2 Å². The van der Waals surface area contributed by atoms with Crippen LogP contribution in [-0.2, 0) is 30.4 Å². The first-order chi connectivity index (χ1) is 13.5. The lowest BCUT2D eigenvalue weighted by Gasteiger charge is -2.25. The van der Waals surface area contributed by atoms with Crippen molar-refractivity contribution in [3.8, 4) is 0 Å². The number of amides is 3. The molecule has 160 valence electrons. The molecule has 0 aliphatic carbocycles. The summed E-state index contributed by atoms with van der Waals surface area (Å²) in [5, 5.41) is 5.30. The second-order valence-electron chi connectivity index (χ2n) is 7.89. The molecule has 3 amide bonds. The van der Waals surface area contributed by atoms with Gasteiger partial charge in [0.1, 0.15) is 12.1 Å². The standard InChI is InChI=1S/C21H31N3O5/c1-6-10-17(25)29-24-18(26)14(2)22-19(27)16(23-20(28)21(3,4)5)13-15-11-8-7-9-12-15/h7-9,11-12,14,16H,6,10,13H2,1-5H3,(H,22,27)(H,23,28)(H,24,26). The van der Waals surface area contributed by atoms with Crippen molar-refractivity contribution in [1.82, 2.24) is 16.1 Å². The fourth-order valence-electron chi connectivity index (χ4n) is 2.26. The number of nitrogens with one attached hydrogen (secondary N) is 3. The SMILES string of the molecule is CCCC(=O)ONC(=O)C(C)NC(=O)C(Cc1ccccc1)NC(=O)C(C)(C)C. The molecule has 0 radical (unpaired) electrons. The highest BCUT2D eigenvalue weighted by molar-refractivity contribution is 5.93. The molecule has 0 bridgehead atoms. The molecule has 0 spiro atoms. The van der Waals surface area contributed by atoms with Crippen molar-refractivity contribution in [3.63, 3.8) is 0 Å². The lowest BCUT2D eigenvalue weighted by Crippen LogP contribution is -2.55. The van der Waals surface area contributed by atoms with Crippen LogP contribution in [0.25, 0.3) is 0 Å². The van der Waals surface area contributed by atoms with Crippen molar-refractivity contribution in [2.24, 2.45) is 5.41 Å². The smallest absolute Gasteiger partial charge is 0.332 e. The molecular formula is C21H31N3O5. The van der Waals surface area contributed by atoms with Gasteiger partial charge in [-0.1, -0.05) is 58.0 Å². The Balaban J connectivity index is 2.78. The predicted molar refractivity (Wildman–Crippen MR) is 108 cm³/mol. The van der Waals surface area contributed by atoms with Gasteiger partial charge in [-0.15, -0.1) is 0 Å². The minimum Gasteiger partial charge on any atom is -0.344 e. The zero-order chi connectivity index (χ0) is 22.0. The third kappa shape index (κ3) is 8.76. The minimum atomic E-state index is -0.957. The van der Waals surface area contributed by atoms with Gasteiger partial charge in [-0.3, -0.25) is 14.4 Å². The van der Waals surface area contributed by atoms with Crippen LogP contribution >= 0.6 is 0 Å². The van der Waals surface area contributed by atoms with Gasteiger partial charge in [0.2, 0.25) is 11.8 Å². The molecule has 0 heterocycles. The maximum Gasteiger partial charge on any atom is 0.332 e. The molecule has 8 heteroatoms. The molecule has 0 aliphatic rings. The highest BCUT2D eigenvalue weighted by Crippen LogP contribution is 2.14. The number of hydrogen-bond donors (Lipinski definition) is 3. The number of carbonyl (C=O) groups excluding carboxylic acids is 4. The number of hydrogen-bond acceptors (Lipinski definition) is 5. The molecule has 0 fully saturated rings. The summed E-state index contributed by atoms with van der Waals surface area (Å²) in [4.78, 5) is 53.2. The van der Waals surface area contributed by atoms with E-state index >= 15 is 0 Å². The summed E-state index contributed by atoms with van der Waals surface area (Å²) < 4.78 is 0. The predicted octanol–water partition coefficient (Wildman–Crippen LogP) is 1.64. The van der Waals surface area contributed by atoms with Gasteiger partial charge >= 0.3 is 5.97 Å². The summed E-state index contributed by atoms with van der Waals surface area (Å²) in [6.45, 7) is 8.53. The molecule has 8 nitrogen and oxygen atoms in total. The zero-order valence-electron chi connectivity index (χ0n) is 17.7. The van der Waals surface area contributed by atoms with Gasteiger partial charge in [-0.2, -0.15) is 5.48 Å². The lowest BCUT2D eigenvalue weighted by molar-refractivity contribution is -0.159. The molecule has 1 aromatic rings. The van der Waals surface area contributed by atoms with Crippen molar-refractivity contribution in [1.29, 1.82) is 0 Å². The molecule has 2 unspecified atom stereocenters. The Hall–Kier alpha value is -2.90. The number of hydroxylamine groups is 1. The van der Waals surface area contributed by atoms with Crippen molar-refractivity contribution >= 4 is 23.7 Å². The third-order valence-corrected chi connectivity index (χ3v) is 4.06. The summed E-state index contributed by atoms with van der Waals surface area (Å²) in [6, 6.07) is 7.44. The van der Waals surface area contributed by atoms with Crippen LogP contribution in [-0.4, -0.2) is 35.8 Å². The first kappa shape index (κ1) is 24.1. The Kier molecular flexibility index (Phi) is 9.31. The molecule has 3 N–H and O–H groups in total. The van der Waals surface area contributed by atoms with E-state index < -0.39 is 35.3 Å². The summed E-state index contributed by atoms with van der Waals surface area (Å²) in [6.07, 6.45) is 1.04. The average molecular weight is 405 g/mol. The van der Waals surface area contributed by atoms with Crippen LogP contribution in [0.1, 0.15) is 53.0 Å². The van der Waals surface area contributed by atoms with Crippen LogP contribution in [0, 0.1) is 5.41 Å². The second kappa shape index (κ2) is 11.2. The van der Waals surface area contributed by atoms with Crippen LogP contribution in [0.2, 0.25) is 0 Å². The summed E-state index contributed by atoms with van der Waals surface area (Å²) in [5.41, 5.74) is 2.23. The van der Waals surface area contributed by atoms with E-state index in [0.29, 0.717) is 6.42 Å². The average Bonchev–Trinajstić information content (AvgIpc) is 2.65. The Morgan fingerprint density at radius 2 is 1.62 bits per heavy atom. The first-order valence-electron chi connectivity index (χ1n) is 9.69. The van der Waals surface area contributed by atoms with Gasteiger partial charge in [0.05, 0.1) is 0 Å². The quantitative estimate of drug-likeness (QED) is 0.569. The number of benzene rings is 1. The Labute approximate surface area is 171 Å². The molecule has 0 aromatic heterocycles. The van der Waals surface area contributed by atoms with Gasteiger partial charge in [0.25, 0.3) is 5.91 Å². The summed E-state index contributed by atoms with van der Waals surface area (Å²) in [5.74, 6) is -2.00. The second-order valence-corrected chi connectivity index (χ2v) is 7.89. The van der Waals surface area contributed by atoms with Crippen LogP contribution in [0.15, 0.2) is 30.3 Å². The Morgan fingerprint density at radius 1 is 1.00 bits per heavy atom. The normalized spacial score (nSPS) is 13.0.